The van der Waals surface area contributed by atoms with Crippen molar-refractivity contribution in [1.82, 2.24) is 4.98 Å². The molecule has 2 aromatic rings. The maximum Gasteiger partial charge on any atom is 0.141 e. The second kappa shape index (κ2) is 4.31. The predicted octanol–water partition coefficient (Wildman–Crippen LogP) is 3.08. The van der Waals surface area contributed by atoms with Gasteiger partial charge in [-0.3, -0.25) is 0 Å². The Hall–Kier alpha value is -1.55. The Labute approximate surface area is 90.8 Å². The number of nitrogens with zero attached hydrogens (tertiary/aromatic N) is 1. The lowest BCUT2D eigenvalue weighted by atomic mass is 10.3. The molecular weight excluding hydrogens is 213 g/mol. The van der Waals surface area contributed by atoms with Crippen LogP contribution in [-0.2, 0) is 0 Å². The lowest BCUT2D eigenvalue weighted by Gasteiger charge is -2.02. The van der Waals surface area contributed by atoms with Gasteiger partial charge in [-0.05, 0) is 24.3 Å². The van der Waals surface area contributed by atoms with Crippen LogP contribution in [0, 0.1) is 5.82 Å². The number of pyridine rings is 1. The number of hydrogen-bond donors (Lipinski definition) is 1. The van der Waals surface area contributed by atoms with Gasteiger partial charge in [0.2, 0.25) is 0 Å². The van der Waals surface area contributed by atoms with Crippen molar-refractivity contribution in [2.45, 2.75) is 9.92 Å². The molecule has 2 nitrogen and oxygen atoms in total. The van der Waals surface area contributed by atoms with Gasteiger partial charge in [0.15, 0.2) is 0 Å². The molecule has 0 saturated carbocycles. The molecule has 0 radical (unpaired) electrons. The molecule has 1 aromatic carbocycles. The molecule has 1 aromatic heterocycles. The van der Waals surface area contributed by atoms with Crippen molar-refractivity contribution in [2.75, 3.05) is 0 Å². The fourth-order valence-corrected chi connectivity index (χ4v) is 1.86. The van der Waals surface area contributed by atoms with Crippen LogP contribution in [0.4, 0.5) is 4.39 Å². The maximum absolute atomic E-state index is 12.6. The van der Waals surface area contributed by atoms with Crippen LogP contribution in [0.5, 0.6) is 5.75 Å². The quantitative estimate of drug-likeness (QED) is 0.846. The lowest BCUT2D eigenvalue weighted by molar-refractivity contribution is 0.462. The van der Waals surface area contributed by atoms with E-state index in [4.69, 9.17) is 0 Å². The van der Waals surface area contributed by atoms with Crippen LogP contribution in [0.1, 0.15) is 0 Å². The molecule has 15 heavy (non-hydrogen) atoms. The van der Waals surface area contributed by atoms with Crippen molar-refractivity contribution < 1.29 is 9.50 Å². The van der Waals surface area contributed by atoms with Gasteiger partial charge in [-0.2, -0.15) is 0 Å². The van der Waals surface area contributed by atoms with Crippen molar-refractivity contribution in [3.63, 3.8) is 0 Å². The Bertz CT molecular complexity index is 458. The van der Waals surface area contributed by atoms with Crippen LogP contribution in [0.2, 0.25) is 0 Å². The van der Waals surface area contributed by atoms with E-state index < -0.39 is 0 Å². The minimum Gasteiger partial charge on any atom is -0.507 e. The molecule has 0 aliphatic carbocycles. The molecule has 0 unspecified atom stereocenters. The lowest BCUT2D eigenvalue weighted by Crippen LogP contribution is -1.81. The summed E-state index contributed by atoms with van der Waals surface area (Å²) < 4.78 is 12.6. The molecule has 0 bridgehead atoms. The largest absolute Gasteiger partial charge is 0.507 e. The van der Waals surface area contributed by atoms with Gasteiger partial charge in [0.05, 0.1) is 11.1 Å². The van der Waals surface area contributed by atoms with Gasteiger partial charge in [-0.1, -0.05) is 23.9 Å². The molecule has 0 atom stereocenters. The fraction of sp³-hybridized carbons (Fsp3) is 0. The number of phenolic OH excluding ortho intramolecular Hbond substituents is 1. The first-order valence-corrected chi connectivity index (χ1v) is 5.15. The molecule has 0 aliphatic rings. The zero-order valence-corrected chi connectivity index (χ0v) is 8.54. The van der Waals surface area contributed by atoms with E-state index in [0.29, 0.717) is 9.92 Å². The van der Waals surface area contributed by atoms with Crippen molar-refractivity contribution >= 4 is 11.8 Å². The molecule has 1 N–H and O–H groups in total. The fourth-order valence-electron chi connectivity index (χ4n) is 1.08. The van der Waals surface area contributed by atoms with Crippen molar-refractivity contribution in [3.8, 4) is 5.75 Å². The van der Waals surface area contributed by atoms with Crippen molar-refractivity contribution in [2.24, 2.45) is 0 Å². The summed E-state index contributed by atoms with van der Waals surface area (Å²) >= 11 is 1.30. The van der Waals surface area contributed by atoms with E-state index in [9.17, 15) is 9.50 Å². The van der Waals surface area contributed by atoms with Gasteiger partial charge < -0.3 is 5.11 Å². The highest BCUT2D eigenvalue weighted by molar-refractivity contribution is 7.99. The highest BCUT2D eigenvalue weighted by atomic mass is 32.2. The number of aromatic hydroxyl groups is 1. The number of para-hydroxylation sites is 1. The normalized spacial score (nSPS) is 10.2. The standard InChI is InChI=1S/C11H8FNOS/c12-8-5-6-11(13-7-8)15-10-4-2-1-3-9(10)14/h1-7,14H. The minimum atomic E-state index is -0.364. The third-order valence-electron chi connectivity index (χ3n) is 1.78. The maximum atomic E-state index is 12.6. The second-order valence-electron chi connectivity index (χ2n) is 2.88. The molecule has 4 heteroatoms. The third kappa shape index (κ3) is 2.47. The number of phenols is 1. The molecule has 0 amide bonds. The summed E-state index contributed by atoms with van der Waals surface area (Å²) in [5, 5.41) is 10.2. The average molecular weight is 221 g/mol. The minimum absolute atomic E-state index is 0.202. The number of rotatable bonds is 2. The molecule has 0 saturated heterocycles. The zero-order chi connectivity index (χ0) is 10.7. The van der Waals surface area contributed by atoms with Gasteiger partial charge >= 0.3 is 0 Å². The summed E-state index contributed by atoms with van der Waals surface area (Å²) in [6, 6.07) is 9.88. The van der Waals surface area contributed by atoms with Gasteiger partial charge in [0.1, 0.15) is 16.6 Å². The van der Waals surface area contributed by atoms with E-state index in [1.165, 1.54) is 17.8 Å². The Morgan fingerprint density at radius 3 is 2.60 bits per heavy atom. The smallest absolute Gasteiger partial charge is 0.141 e. The molecule has 2 rings (SSSR count). The van der Waals surface area contributed by atoms with Crippen molar-refractivity contribution in [3.05, 3.63) is 48.4 Å². The van der Waals surface area contributed by atoms with E-state index in [0.717, 1.165) is 6.20 Å². The Balaban J connectivity index is 2.22. The SMILES string of the molecule is Oc1ccccc1Sc1ccc(F)cn1. The second-order valence-corrected chi connectivity index (χ2v) is 3.95. The van der Waals surface area contributed by atoms with Crippen LogP contribution in [0.25, 0.3) is 0 Å². The van der Waals surface area contributed by atoms with Crippen LogP contribution in [0.3, 0.4) is 0 Å². The summed E-state index contributed by atoms with van der Waals surface area (Å²) in [7, 11) is 0. The highest BCUT2D eigenvalue weighted by Gasteiger charge is 2.03. The molecule has 1 heterocycles. The van der Waals surface area contributed by atoms with E-state index in [2.05, 4.69) is 4.98 Å². The Kier molecular flexibility index (Phi) is 2.87. The first-order chi connectivity index (χ1) is 7.25. The molecule has 76 valence electrons. The number of halogens is 1. The first-order valence-electron chi connectivity index (χ1n) is 4.33. The van der Waals surface area contributed by atoms with Crippen LogP contribution in [0.15, 0.2) is 52.5 Å². The predicted molar refractivity (Wildman–Crippen MR) is 56.4 cm³/mol. The van der Waals surface area contributed by atoms with E-state index in [-0.39, 0.29) is 11.6 Å². The number of aromatic nitrogens is 1. The van der Waals surface area contributed by atoms with Gasteiger partial charge in [-0.25, -0.2) is 9.37 Å². The molecule has 0 fully saturated rings. The van der Waals surface area contributed by atoms with E-state index >= 15 is 0 Å². The summed E-state index contributed by atoms with van der Waals surface area (Å²) in [4.78, 5) is 4.60. The molecule has 0 aliphatic heterocycles. The summed E-state index contributed by atoms with van der Waals surface area (Å²) in [5.74, 6) is -0.162. The summed E-state index contributed by atoms with van der Waals surface area (Å²) in [5.41, 5.74) is 0. The number of benzene rings is 1. The Morgan fingerprint density at radius 1 is 1.13 bits per heavy atom. The van der Waals surface area contributed by atoms with Crippen LogP contribution < -0.4 is 0 Å². The average Bonchev–Trinajstić information content (AvgIpc) is 2.25. The summed E-state index contributed by atoms with van der Waals surface area (Å²) in [6.07, 6.45) is 1.16. The van der Waals surface area contributed by atoms with Crippen LogP contribution >= 0.6 is 11.8 Å². The third-order valence-corrected chi connectivity index (χ3v) is 2.80. The van der Waals surface area contributed by atoms with E-state index in [1.807, 2.05) is 6.07 Å². The van der Waals surface area contributed by atoms with Gasteiger partial charge in [0.25, 0.3) is 0 Å². The molecular formula is C11H8FNOS. The monoisotopic (exact) mass is 221 g/mol. The van der Waals surface area contributed by atoms with E-state index in [1.54, 1.807) is 24.3 Å². The summed E-state index contributed by atoms with van der Waals surface area (Å²) in [6.45, 7) is 0. The number of hydrogen-bond acceptors (Lipinski definition) is 3. The topological polar surface area (TPSA) is 33.1 Å². The van der Waals surface area contributed by atoms with Crippen molar-refractivity contribution in [1.29, 1.82) is 0 Å². The van der Waals surface area contributed by atoms with Gasteiger partial charge in [-0.15, -0.1) is 0 Å². The first kappa shape index (κ1) is 9.98. The highest BCUT2D eigenvalue weighted by Crippen LogP contribution is 2.32. The van der Waals surface area contributed by atoms with Crippen LogP contribution in [-0.4, -0.2) is 10.1 Å². The zero-order valence-electron chi connectivity index (χ0n) is 7.72. The molecule has 0 spiro atoms. The van der Waals surface area contributed by atoms with Gasteiger partial charge in [0, 0.05) is 0 Å². The Morgan fingerprint density at radius 2 is 1.93 bits per heavy atom.